The topological polar surface area (TPSA) is 0 Å². The van der Waals surface area contributed by atoms with Gasteiger partial charge in [-0.25, -0.2) is 0 Å². The first-order chi connectivity index (χ1) is 18.2. The van der Waals surface area contributed by atoms with E-state index in [1.165, 1.54) is 83.6 Å². The highest BCUT2D eigenvalue weighted by atomic mass is 14.3. The van der Waals surface area contributed by atoms with Crippen LogP contribution in [0, 0.1) is 12.8 Å². The van der Waals surface area contributed by atoms with Crippen LogP contribution >= 0.6 is 0 Å². The van der Waals surface area contributed by atoms with Crippen molar-refractivity contribution in [2.45, 2.75) is 40.0 Å². The number of benzene rings is 5. The zero-order valence-electron chi connectivity index (χ0n) is 21.9. The third-order valence-corrected chi connectivity index (χ3v) is 8.65. The maximum atomic E-state index is 2.41. The highest BCUT2D eigenvalue weighted by molar-refractivity contribution is 6.26. The van der Waals surface area contributed by atoms with Gasteiger partial charge in [-0.05, 0) is 109 Å². The maximum Gasteiger partial charge on any atom is -0.000753 e. The second-order valence-corrected chi connectivity index (χ2v) is 10.7. The quantitative estimate of drug-likeness (QED) is 0.237. The van der Waals surface area contributed by atoms with Gasteiger partial charge in [-0.15, -0.1) is 0 Å². The Labute approximate surface area is 220 Å². The standard InChI is InChI=1S/C37H32/c1-4-24-11-8-13-26(21-24)33-29-15-6-7-16-30(29)34(27-14-9-12-25(5-2)22-27)37-32-20-19-23(3)28-17-10-18-31(35(28)32)36(33)37/h6-20,22,24H,4-5,21H2,1-3H3. The molecular weight excluding hydrogens is 444 g/mol. The summed E-state index contributed by atoms with van der Waals surface area (Å²) < 4.78 is 0. The first-order valence-corrected chi connectivity index (χ1v) is 13.8. The summed E-state index contributed by atoms with van der Waals surface area (Å²) in [5.41, 5.74) is 14.0. The van der Waals surface area contributed by atoms with Crippen molar-refractivity contribution in [1.82, 2.24) is 0 Å². The second-order valence-electron chi connectivity index (χ2n) is 10.7. The van der Waals surface area contributed by atoms with Crippen LogP contribution in [0.15, 0.2) is 97.1 Å². The fourth-order valence-electron chi connectivity index (χ4n) is 6.74. The zero-order valence-corrected chi connectivity index (χ0v) is 21.9. The minimum atomic E-state index is 0.595. The van der Waals surface area contributed by atoms with E-state index in [1.54, 1.807) is 0 Å². The molecule has 0 N–H and O–H groups in total. The van der Waals surface area contributed by atoms with Gasteiger partial charge in [0.15, 0.2) is 0 Å². The average Bonchev–Trinajstić information content (AvgIpc) is 3.28. The number of rotatable bonds is 4. The van der Waals surface area contributed by atoms with Gasteiger partial charge in [0, 0.05) is 0 Å². The highest BCUT2D eigenvalue weighted by Crippen LogP contribution is 2.57. The largest absolute Gasteiger partial charge is 0.0811 e. The normalized spacial score (nSPS) is 15.9. The van der Waals surface area contributed by atoms with Crippen molar-refractivity contribution in [1.29, 1.82) is 0 Å². The van der Waals surface area contributed by atoms with E-state index in [9.17, 15) is 0 Å². The summed E-state index contributed by atoms with van der Waals surface area (Å²) in [6.45, 7) is 6.80. The van der Waals surface area contributed by atoms with Gasteiger partial charge in [0.25, 0.3) is 0 Å². The van der Waals surface area contributed by atoms with Crippen LogP contribution in [-0.2, 0) is 6.42 Å². The van der Waals surface area contributed by atoms with E-state index in [1.807, 2.05) is 0 Å². The predicted octanol–water partition coefficient (Wildman–Crippen LogP) is 10.5. The molecule has 7 rings (SSSR count). The van der Waals surface area contributed by atoms with Gasteiger partial charge in [0.1, 0.15) is 0 Å². The van der Waals surface area contributed by atoms with Crippen LogP contribution in [0.25, 0.3) is 60.5 Å². The minimum absolute atomic E-state index is 0.595. The molecule has 0 aromatic heterocycles. The van der Waals surface area contributed by atoms with E-state index < -0.39 is 0 Å². The van der Waals surface area contributed by atoms with Crippen LogP contribution in [0.5, 0.6) is 0 Å². The molecule has 1 atom stereocenters. The van der Waals surface area contributed by atoms with Crippen LogP contribution in [0.1, 0.15) is 43.4 Å². The second kappa shape index (κ2) is 8.60. The van der Waals surface area contributed by atoms with Gasteiger partial charge < -0.3 is 0 Å². The molecule has 0 saturated carbocycles. The number of aryl methyl sites for hydroxylation is 2. The van der Waals surface area contributed by atoms with Gasteiger partial charge in [0.05, 0.1) is 0 Å². The lowest BCUT2D eigenvalue weighted by atomic mass is 9.79. The molecule has 2 aliphatic rings. The van der Waals surface area contributed by atoms with Gasteiger partial charge in [-0.2, -0.15) is 0 Å². The molecule has 0 radical (unpaired) electrons. The van der Waals surface area contributed by atoms with Gasteiger partial charge >= 0.3 is 0 Å². The molecule has 0 nitrogen and oxygen atoms in total. The summed E-state index contributed by atoms with van der Waals surface area (Å²) in [6.07, 6.45) is 10.4. The van der Waals surface area contributed by atoms with Crippen LogP contribution in [0.3, 0.4) is 0 Å². The van der Waals surface area contributed by atoms with E-state index in [0.717, 1.165) is 12.8 Å². The Bertz CT molecular complexity index is 1780. The van der Waals surface area contributed by atoms with E-state index in [4.69, 9.17) is 0 Å². The first-order valence-electron chi connectivity index (χ1n) is 13.8. The molecule has 37 heavy (non-hydrogen) atoms. The Morgan fingerprint density at radius 1 is 0.703 bits per heavy atom. The summed E-state index contributed by atoms with van der Waals surface area (Å²) >= 11 is 0. The maximum absolute atomic E-state index is 2.41. The number of fused-ring (bicyclic) bond motifs is 4. The fraction of sp³-hybridized carbons (Fsp3) is 0.189. The molecule has 180 valence electrons. The van der Waals surface area contributed by atoms with Crippen LogP contribution in [0.4, 0.5) is 0 Å². The average molecular weight is 477 g/mol. The molecule has 0 amide bonds. The zero-order chi connectivity index (χ0) is 25.1. The molecule has 0 spiro atoms. The van der Waals surface area contributed by atoms with Crippen LogP contribution in [-0.4, -0.2) is 0 Å². The van der Waals surface area contributed by atoms with Crippen LogP contribution in [0.2, 0.25) is 0 Å². The molecule has 0 fully saturated rings. The Morgan fingerprint density at radius 3 is 2.24 bits per heavy atom. The Kier molecular flexibility index (Phi) is 5.18. The molecular formula is C37H32. The molecule has 0 bridgehead atoms. The van der Waals surface area contributed by atoms with E-state index in [0.29, 0.717) is 5.92 Å². The lowest BCUT2D eigenvalue weighted by Gasteiger charge is -2.24. The third-order valence-electron chi connectivity index (χ3n) is 8.65. The lowest BCUT2D eigenvalue weighted by Crippen LogP contribution is -2.03. The van der Waals surface area contributed by atoms with Crippen LogP contribution < -0.4 is 0 Å². The van der Waals surface area contributed by atoms with Crippen molar-refractivity contribution in [2.75, 3.05) is 0 Å². The first kappa shape index (κ1) is 22.3. The molecule has 0 heteroatoms. The molecule has 0 heterocycles. The third kappa shape index (κ3) is 3.28. The summed E-state index contributed by atoms with van der Waals surface area (Å²) in [7, 11) is 0. The SMILES string of the molecule is CCc1cccc(-c2c3c(c(C4=CC=CC(CC)C4)c4ccccc24)-c2cccc4c(C)ccc-3c24)c1. The summed E-state index contributed by atoms with van der Waals surface area (Å²) in [5.74, 6) is 0.595. The van der Waals surface area contributed by atoms with E-state index in [2.05, 4.69) is 118 Å². The van der Waals surface area contributed by atoms with Gasteiger partial charge in [0.2, 0.25) is 0 Å². The summed E-state index contributed by atoms with van der Waals surface area (Å²) in [6, 6.07) is 29.9. The van der Waals surface area contributed by atoms with Crippen molar-refractivity contribution in [2.24, 2.45) is 5.92 Å². The summed E-state index contributed by atoms with van der Waals surface area (Å²) in [5, 5.41) is 5.52. The fourth-order valence-corrected chi connectivity index (χ4v) is 6.74. The predicted molar refractivity (Wildman–Crippen MR) is 161 cm³/mol. The van der Waals surface area contributed by atoms with E-state index in [-0.39, 0.29) is 0 Å². The lowest BCUT2D eigenvalue weighted by molar-refractivity contribution is 0.642. The van der Waals surface area contributed by atoms with Crippen molar-refractivity contribution < 1.29 is 0 Å². The monoisotopic (exact) mass is 476 g/mol. The van der Waals surface area contributed by atoms with E-state index >= 15 is 0 Å². The molecule has 1 unspecified atom stereocenters. The molecule has 5 aromatic rings. The summed E-state index contributed by atoms with van der Waals surface area (Å²) in [4.78, 5) is 0. The Hall–Kier alpha value is -3.90. The molecule has 0 saturated heterocycles. The number of hydrogen-bond donors (Lipinski definition) is 0. The Balaban J connectivity index is 1.69. The van der Waals surface area contributed by atoms with Gasteiger partial charge in [-0.1, -0.05) is 111 Å². The smallest absolute Gasteiger partial charge is 0.000753 e. The van der Waals surface area contributed by atoms with Crippen molar-refractivity contribution in [3.05, 3.63) is 114 Å². The van der Waals surface area contributed by atoms with Crippen molar-refractivity contribution >= 4 is 27.1 Å². The molecule has 5 aromatic carbocycles. The van der Waals surface area contributed by atoms with Crippen molar-refractivity contribution in [3.63, 3.8) is 0 Å². The number of hydrogen-bond acceptors (Lipinski definition) is 0. The molecule has 0 aliphatic heterocycles. The minimum Gasteiger partial charge on any atom is -0.0811 e. The molecule has 2 aliphatic carbocycles. The van der Waals surface area contributed by atoms with Gasteiger partial charge in [-0.3, -0.25) is 0 Å². The Morgan fingerprint density at radius 2 is 1.43 bits per heavy atom. The highest BCUT2D eigenvalue weighted by Gasteiger charge is 2.31. The number of allylic oxidation sites excluding steroid dienone is 4. The van der Waals surface area contributed by atoms with Crippen molar-refractivity contribution in [3.8, 4) is 33.4 Å².